The molecule has 2 aliphatic heterocycles. The fourth-order valence-electron chi connectivity index (χ4n) is 7.07. The second-order valence-corrected chi connectivity index (χ2v) is 12.9. The van der Waals surface area contributed by atoms with Crippen molar-refractivity contribution in [1.29, 1.82) is 0 Å². The number of methoxy groups -OCH3 is 1. The molecule has 1 spiro atoms. The third-order valence-electron chi connectivity index (χ3n) is 9.83. The molecule has 0 bridgehead atoms. The number of likely N-dealkylation sites (tertiary alicyclic amines) is 1. The fraction of sp³-hybridized carbons (Fsp3) is 0.571. The summed E-state index contributed by atoms with van der Waals surface area (Å²) in [5, 5.41) is 17.2. The van der Waals surface area contributed by atoms with E-state index in [-0.39, 0.29) is 30.1 Å². The van der Waals surface area contributed by atoms with Crippen LogP contribution in [0.1, 0.15) is 92.6 Å². The summed E-state index contributed by atoms with van der Waals surface area (Å²) in [5.41, 5.74) is 0.998. The minimum Gasteiger partial charge on any atom is -0.497 e. The van der Waals surface area contributed by atoms with Crippen molar-refractivity contribution in [2.24, 2.45) is 0 Å². The van der Waals surface area contributed by atoms with Crippen LogP contribution < -0.4 is 15.4 Å². The highest BCUT2D eigenvalue weighted by Gasteiger charge is 2.54. The summed E-state index contributed by atoms with van der Waals surface area (Å²) in [6.07, 6.45) is 7.68. The lowest BCUT2D eigenvalue weighted by Gasteiger charge is -2.52. The van der Waals surface area contributed by atoms with Gasteiger partial charge in [0.25, 0.3) is 5.91 Å². The lowest BCUT2D eigenvalue weighted by atomic mass is 9.77. The molecule has 3 N–H and O–H groups in total. The summed E-state index contributed by atoms with van der Waals surface area (Å²) in [6.45, 7) is 5.21. The van der Waals surface area contributed by atoms with E-state index in [2.05, 4.69) is 22.5 Å². The SMILES string of the molecule is CCCCN1C(=O)[C@@H](CC2(O)CCCCC2)NC(=O)C12CCN(Cc1ccc(C(=O)NCc3ccc(OC)cc3)cc1)CC2.Cl. The molecule has 5 rings (SSSR count). The van der Waals surface area contributed by atoms with Crippen molar-refractivity contribution in [3.05, 3.63) is 65.2 Å². The summed E-state index contributed by atoms with van der Waals surface area (Å²) in [7, 11) is 1.63. The quantitative estimate of drug-likeness (QED) is 0.331. The number of benzene rings is 2. The Kier molecular flexibility index (Phi) is 11.9. The molecule has 1 saturated carbocycles. The summed E-state index contributed by atoms with van der Waals surface area (Å²) in [6, 6.07) is 14.6. The first-order chi connectivity index (χ1) is 21.2. The van der Waals surface area contributed by atoms with E-state index >= 15 is 0 Å². The van der Waals surface area contributed by atoms with E-state index in [4.69, 9.17) is 4.74 Å². The average molecular weight is 641 g/mol. The molecule has 0 unspecified atom stereocenters. The van der Waals surface area contributed by atoms with Crippen molar-refractivity contribution in [1.82, 2.24) is 20.4 Å². The van der Waals surface area contributed by atoms with Crippen molar-refractivity contribution in [2.75, 3.05) is 26.7 Å². The number of nitrogens with one attached hydrogen (secondary N) is 2. The fourth-order valence-corrected chi connectivity index (χ4v) is 7.07. The standard InChI is InChI=1S/C35H48N4O5.ClH/c1-3-4-20-39-32(41)30(23-34(43)16-6-5-7-17-34)37-33(42)35(39)18-21-38(22-19-35)25-27-8-12-28(13-9-27)31(40)36-24-26-10-14-29(44-2)15-11-26;/h8-15,30,43H,3-7,16-25H2,1-2H3,(H,36,40)(H,37,42);1H/t30-;/m1./s1. The molecule has 2 aromatic carbocycles. The zero-order valence-electron chi connectivity index (χ0n) is 26.7. The molecule has 10 heteroatoms. The molecule has 246 valence electrons. The maximum Gasteiger partial charge on any atom is 0.251 e. The van der Waals surface area contributed by atoms with Gasteiger partial charge in [-0.2, -0.15) is 0 Å². The van der Waals surface area contributed by atoms with Crippen LogP contribution in [-0.2, 0) is 22.7 Å². The molecule has 9 nitrogen and oxygen atoms in total. The number of amides is 3. The summed E-state index contributed by atoms with van der Waals surface area (Å²) >= 11 is 0. The number of piperazine rings is 1. The Balaban J connectivity index is 0.00000461. The third kappa shape index (κ3) is 8.18. The lowest BCUT2D eigenvalue weighted by Crippen LogP contribution is -2.73. The summed E-state index contributed by atoms with van der Waals surface area (Å²) < 4.78 is 5.19. The highest BCUT2D eigenvalue weighted by Crippen LogP contribution is 2.37. The summed E-state index contributed by atoms with van der Waals surface area (Å²) in [5.74, 6) is 0.554. The van der Waals surface area contributed by atoms with Gasteiger partial charge in [0.1, 0.15) is 17.3 Å². The van der Waals surface area contributed by atoms with Gasteiger partial charge in [-0.1, -0.05) is 56.9 Å². The van der Waals surface area contributed by atoms with Crippen molar-refractivity contribution < 1.29 is 24.2 Å². The van der Waals surface area contributed by atoms with E-state index in [9.17, 15) is 19.5 Å². The third-order valence-corrected chi connectivity index (χ3v) is 9.83. The number of nitrogens with zero attached hydrogens (tertiary/aromatic N) is 2. The molecule has 2 heterocycles. The van der Waals surface area contributed by atoms with Crippen molar-refractivity contribution in [3.8, 4) is 5.75 Å². The van der Waals surface area contributed by atoms with Crippen LogP contribution in [0.15, 0.2) is 48.5 Å². The Bertz CT molecular complexity index is 1290. The predicted octanol–water partition coefficient (Wildman–Crippen LogP) is 4.59. The second kappa shape index (κ2) is 15.4. The molecular formula is C35H49ClN4O5. The van der Waals surface area contributed by atoms with Crippen LogP contribution in [-0.4, -0.2) is 76.6 Å². The van der Waals surface area contributed by atoms with Gasteiger partial charge in [-0.25, -0.2) is 0 Å². The Labute approximate surface area is 273 Å². The van der Waals surface area contributed by atoms with Gasteiger partial charge >= 0.3 is 0 Å². The minimum absolute atomic E-state index is 0. The minimum atomic E-state index is -0.872. The predicted molar refractivity (Wildman–Crippen MR) is 176 cm³/mol. The average Bonchev–Trinajstić information content (AvgIpc) is 3.04. The summed E-state index contributed by atoms with van der Waals surface area (Å²) in [4.78, 5) is 44.4. The number of halogens is 1. The largest absolute Gasteiger partial charge is 0.497 e. The zero-order valence-corrected chi connectivity index (χ0v) is 27.5. The van der Waals surface area contributed by atoms with Gasteiger partial charge in [0.05, 0.1) is 12.7 Å². The molecule has 3 aliphatic rings. The van der Waals surface area contributed by atoms with Crippen LogP contribution in [0, 0.1) is 0 Å². The van der Waals surface area contributed by atoms with Crippen LogP contribution in [0.25, 0.3) is 0 Å². The van der Waals surface area contributed by atoms with Gasteiger partial charge < -0.3 is 25.4 Å². The van der Waals surface area contributed by atoms with E-state index in [1.54, 1.807) is 7.11 Å². The van der Waals surface area contributed by atoms with Crippen LogP contribution in [0.4, 0.5) is 0 Å². The van der Waals surface area contributed by atoms with Gasteiger partial charge in [0.2, 0.25) is 11.8 Å². The Morgan fingerprint density at radius 1 is 0.978 bits per heavy atom. The Morgan fingerprint density at radius 3 is 2.24 bits per heavy atom. The van der Waals surface area contributed by atoms with E-state index in [0.29, 0.717) is 70.4 Å². The second-order valence-electron chi connectivity index (χ2n) is 12.9. The molecule has 3 amide bonds. The van der Waals surface area contributed by atoms with Gasteiger partial charge in [-0.05, 0) is 67.5 Å². The Hall–Kier alpha value is -3.14. The van der Waals surface area contributed by atoms with Crippen LogP contribution >= 0.6 is 12.4 Å². The van der Waals surface area contributed by atoms with Crippen molar-refractivity contribution in [2.45, 2.75) is 101 Å². The number of unbranched alkanes of at least 4 members (excludes halogenated alkanes) is 1. The number of carbonyl (C=O) groups is 3. The molecule has 3 fully saturated rings. The zero-order chi connectivity index (χ0) is 31.2. The van der Waals surface area contributed by atoms with E-state index < -0.39 is 17.2 Å². The number of piperidine rings is 1. The molecule has 2 aromatic rings. The molecular weight excluding hydrogens is 592 g/mol. The first-order valence-electron chi connectivity index (χ1n) is 16.3. The highest BCUT2D eigenvalue weighted by molar-refractivity contribution is 6.00. The van der Waals surface area contributed by atoms with Crippen LogP contribution in [0.2, 0.25) is 0 Å². The maximum absolute atomic E-state index is 13.8. The highest BCUT2D eigenvalue weighted by atomic mass is 35.5. The number of carbonyl (C=O) groups excluding carboxylic acids is 3. The maximum atomic E-state index is 13.8. The van der Waals surface area contributed by atoms with Gasteiger partial charge in [0.15, 0.2) is 0 Å². The van der Waals surface area contributed by atoms with E-state index in [1.807, 2.05) is 53.4 Å². The van der Waals surface area contributed by atoms with Crippen LogP contribution in [0.5, 0.6) is 5.75 Å². The molecule has 45 heavy (non-hydrogen) atoms. The molecule has 0 radical (unpaired) electrons. The van der Waals surface area contributed by atoms with Gasteiger partial charge in [-0.15, -0.1) is 12.4 Å². The molecule has 0 aromatic heterocycles. The normalized spacial score (nSPS) is 21.1. The van der Waals surface area contributed by atoms with Crippen LogP contribution in [0.3, 0.4) is 0 Å². The Morgan fingerprint density at radius 2 is 1.62 bits per heavy atom. The number of hydrogen-bond acceptors (Lipinski definition) is 6. The topological polar surface area (TPSA) is 111 Å². The number of ether oxygens (including phenoxy) is 1. The lowest BCUT2D eigenvalue weighted by molar-refractivity contribution is -0.163. The number of hydrogen-bond donors (Lipinski definition) is 3. The number of rotatable bonds is 11. The van der Waals surface area contributed by atoms with Crippen molar-refractivity contribution >= 4 is 30.1 Å². The first kappa shape index (κ1) is 34.7. The monoisotopic (exact) mass is 640 g/mol. The number of aliphatic hydroxyl groups is 1. The molecule has 2 saturated heterocycles. The molecule has 1 aliphatic carbocycles. The van der Waals surface area contributed by atoms with Crippen molar-refractivity contribution in [3.63, 3.8) is 0 Å². The smallest absolute Gasteiger partial charge is 0.251 e. The van der Waals surface area contributed by atoms with E-state index in [1.165, 1.54) is 0 Å². The van der Waals surface area contributed by atoms with E-state index in [0.717, 1.165) is 49.0 Å². The van der Waals surface area contributed by atoms with Gasteiger partial charge in [-0.3, -0.25) is 19.3 Å². The molecule has 1 atom stereocenters. The van der Waals surface area contributed by atoms with Gasteiger partial charge in [0, 0.05) is 44.7 Å². The first-order valence-corrected chi connectivity index (χ1v) is 16.3.